The van der Waals surface area contributed by atoms with Crippen LogP contribution in [0.4, 0.5) is 0 Å². The summed E-state index contributed by atoms with van der Waals surface area (Å²) in [6, 6.07) is 3.11. The van der Waals surface area contributed by atoms with Crippen molar-refractivity contribution < 1.29 is 4.74 Å². The van der Waals surface area contributed by atoms with Crippen molar-refractivity contribution in [2.24, 2.45) is 5.92 Å². The quantitative estimate of drug-likeness (QED) is 0.716. The molecule has 0 saturated carbocycles. The van der Waals surface area contributed by atoms with Gasteiger partial charge in [-0.05, 0) is 38.3 Å². The molecule has 0 bridgehead atoms. The largest absolute Gasteiger partial charge is 0.384 e. The van der Waals surface area contributed by atoms with E-state index in [1.165, 1.54) is 5.69 Å². The van der Waals surface area contributed by atoms with Crippen LogP contribution in [0.2, 0.25) is 0 Å². The van der Waals surface area contributed by atoms with Gasteiger partial charge in [0.25, 0.3) is 0 Å². The van der Waals surface area contributed by atoms with E-state index >= 15 is 0 Å². The molecule has 3 atom stereocenters. The molecule has 0 radical (unpaired) electrons. The first-order valence-electron chi connectivity index (χ1n) is 7.86. The minimum absolute atomic E-state index is 0.477. The van der Waals surface area contributed by atoms with Crippen LogP contribution in [0.25, 0.3) is 0 Å². The number of nitrogens with one attached hydrogen (secondary N) is 1. The Kier molecular flexibility index (Phi) is 7.85. The van der Waals surface area contributed by atoms with Crippen LogP contribution in [-0.4, -0.2) is 36.1 Å². The molecule has 116 valence electrons. The Morgan fingerprint density at radius 3 is 2.70 bits per heavy atom. The van der Waals surface area contributed by atoms with Crippen molar-refractivity contribution in [2.75, 3.05) is 20.3 Å². The van der Waals surface area contributed by atoms with Gasteiger partial charge in [-0.1, -0.05) is 20.8 Å². The Hall–Kier alpha value is -0.870. The predicted octanol–water partition coefficient (Wildman–Crippen LogP) is 3.05. The first kappa shape index (κ1) is 17.2. The fraction of sp³-hybridized carbons (Fsp3) is 0.812. The average Bonchev–Trinajstić information content (AvgIpc) is 2.87. The standard InChI is InChI=1S/C16H31N3O/c1-6-14(4)19-9-8-15(18-19)11-16(17-7-2)10-13(3)12-20-5/h8-9,13-14,16-17H,6-7,10-12H2,1-5H3. The average molecular weight is 281 g/mol. The van der Waals surface area contributed by atoms with E-state index in [0.29, 0.717) is 18.0 Å². The van der Waals surface area contributed by atoms with Crippen LogP contribution in [-0.2, 0) is 11.2 Å². The molecule has 4 heteroatoms. The molecule has 0 aliphatic rings. The molecule has 0 aromatic carbocycles. The van der Waals surface area contributed by atoms with Crippen molar-refractivity contribution in [3.63, 3.8) is 0 Å². The number of hydrogen-bond donors (Lipinski definition) is 1. The van der Waals surface area contributed by atoms with Crippen LogP contribution in [0.3, 0.4) is 0 Å². The smallest absolute Gasteiger partial charge is 0.0640 e. The lowest BCUT2D eigenvalue weighted by Gasteiger charge is -2.20. The summed E-state index contributed by atoms with van der Waals surface area (Å²) >= 11 is 0. The van der Waals surface area contributed by atoms with Gasteiger partial charge in [0.1, 0.15) is 0 Å². The van der Waals surface area contributed by atoms with Gasteiger partial charge in [0, 0.05) is 38.4 Å². The number of aromatic nitrogens is 2. The maximum absolute atomic E-state index is 5.24. The Morgan fingerprint density at radius 2 is 2.10 bits per heavy atom. The molecular formula is C16H31N3O. The number of rotatable bonds is 10. The Bertz CT molecular complexity index is 364. The summed E-state index contributed by atoms with van der Waals surface area (Å²) < 4.78 is 7.32. The lowest BCUT2D eigenvalue weighted by molar-refractivity contribution is 0.149. The summed E-state index contributed by atoms with van der Waals surface area (Å²) in [6.45, 7) is 10.6. The van der Waals surface area contributed by atoms with Crippen LogP contribution < -0.4 is 5.32 Å². The third-order valence-corrected chi connectivity index (χ3v) is 3.79. The summed E-state index contributed by atoms with van der Waals surface area (Å²) in [4.78, 5) is 0. The highest BCUT2D eigenvalue weighted by atomic mass is 16.5. The third-order valence-electron chi connectivity index (χ3n) is 3.79. The lowest BCUT2D eigenvalue weighted by atomic mass is 9.99. The van der Waals surface area contributed by atoms with Crippen molar-refractivity contribution in [2.45, 2.75) is 59.0 Å². The second kappa shape index (κ2) is 9.14. The number of nitrogens with zero attached hydrogens (tertiary/aromatic N) is 2. The van der Waals surface area contributed by atoms with Gasteiger partial charge < -0.3 is 10.1 Å². The second-order valence-electron chi connectivity index (χ2n) is 5.80. The van der Waals surface area contributed by atoms with Crippen molar-refractivity contribution in [1.29, 1.82) is 0 Å². The lowest BCUT2D eigenvalue weighted by Crippen LogP contribution is -2.33. The molecule has 0 saturated heterocycles. The molecule has 1 aromatic heterocycles. The van der Waals surface area contributed by atoms with Crippen LogP contribution in [0, 0.1) is 5.92 Å². The minimum Gasteiger partial charge on any atom is -0.384 e. The van der Waals surface area contributed by atoms with Gasteiger partial charge in [-0.2, -0.15) is 5.10 Å². The maximum atomic E-state index is 5.24. The van der Waals surface area contributed by atoms with Gasteiger partial charge in [0.15, 0.2) is 0 Å². The van der Waals surface area contributed by atoms with E-state index in [4.69, 9.17) is 9.84 Å². The highest BCUT2D eigenvalue weighted by Gasteiger charge is 2.15. The SMILES string of the molecule is CCNC(Cc1ccn(C(C)CC)n1)CC(C)COC. The molecule has 3 unspecified atom stereocenters. The van der Waals surface area contributed by atoms with Crippen LogP contribution >= 0.6 is 0 Å². The second-order valence-corrected chi connectivity index (χ2v) is 5.80. The van der Waals surface area contributed by atoms with Gasteiger partial charge in [0.2, 0.25) is 0 Å². The molecule has 0 aliphatic heterocycles. The topological polar surface area (TPSA) is 39.1 Å². The van der Waals surface area contributed by atoms with Crippen molar-refractivity contribution in [1.82, 2.24) is 15.1 Å². The van der Waals surface area contributed by atoms with Gasteiger partial charge in [-0.25, -0.2) is 0 Å². The fourth-order valence-corrected chi connectivity index (χ4v) is 2.54. The molecule has 0 spiro atoms. The zero-order valence-corrected chi connectivity index (χ0v) is 13.7. The summed E-state index contributed by atoms with van der Waals surface area (Å²) in [5.41, 5.74) is 1.18. The zero-order valence-electron chi connectivity index (χ0n) is 13.7. The summed E-state index contributed by atoms with van der Waals surface area (Å²) in [7, 11) is 1.77. The monoisotopic (exact) mass is 281 g/mol. The molecule has 0 aliphatic carbocycles. The fourth-order valence-electron chi connectivity index (χ4n) is 2.54. The summed E-state index contributed by atoms with van der Waals surface area (Å²) in [6.07, 6.45) is 5.33. The molecule has 1 aromatic rings. The van der Waals surface area contributed by atoms with E-state index in [9.17, 15) is 0 Å². The van der Waals surface area contributed by atoms with Crippen molar-refractivity contribution >= 4 is 0 Å². The molecule has 20 heavy (non-hydrogen) atoms. The summed E-state index contributed by atoms with van der Waals surface area (Å²) in [5.74, 6) is 0.570. The number of likely N-dealkylation sites (N-methyl/N-ethyl adjacent to an activating group) is 1. The van der Waals surface area contributed by atoms with E-state index in [0.717, 1.165) is 32.4 Å². The molecule has 0 fully saturated rings. The Morgan fingerprint density at radius 1 is 1.35 bits per heavy atom. The summed E-state index contributed by atoms with van der Waals surface area (Å²) in [5, 5.41) is 8.27. The highest BCUT2D eigenvalue weighted by molar-refractivity contribution is 5.02. The van der Waals surface area contributed by atoms with Crippen molar-refractivity contribution in [3.8, 4) is 0 Å². The number of ether oxygens (including phenoxy) is 1. The van der Waals surface area contributed by atoms with E-state index in [1.807, 2.05) is 0 Å². The molecule has 4 nitrogen and oxygen atoms in total. The molecule has 1 heterocycles. The maximum Gasteiger partial charge on any atom is 0.0640 e. The molecule has 0 amide bonds. The number of methoxy groups -OCH3 is 1. The first-order chi connectivity index (χ1) is 9.60. The van der Waals surface area contributed by atoms with Gasteiger partial charge >= 0.3 is 0 Å². The normalized spacial score (nSPS) is 16.1. The first-order valence-corrected chi connectivity index (χ1v) is 7.86. The van der Waals surface area contributed by atoms with E-state index in [2.05, 4.69) is 50.0 Å². The molecular weight excluding hydrogens is 250 g/mol. The van der Waals surface area contributed by atoms with E-state index in [-0.39, 0.29) is 0 Å². The van der Waals surface area contributed by atoms with E-state index < -0.39 is 0 Å². The third kappa shape index (κ3) is 5.63. The molecule has 1 rings (SSSR count). The van der Waals surface area contributed by atoms with Crippen LogP contribution in [0.15, 0.2) is 12.3 Å². The minimum atomic E-state index is 0.477. The highest BCUT2D eigenvalue weighted by Crippen LogP contribution is 2.13. The van der Waals surface area contributed by atoms with Gasteiger partial charge in [0.05, 0.1) is 5.69 Å². The van der Waals surface area contributed by atoms with Crippen LogP contribution in [0.1, 0.15) is 52.3 Å². The Labute approximate surface area is 123 Å². The van der Waals surface area contributed by atoms with Gasteiger partial charge in [-0.15, -0.1) is 0 Å². The van der Waals surface area contributed by atoms with Crippen LogP contribution in [0.5, 0.6) is 0 Å². The predicted molar refractivity (Wildman–Crippen MR) is 84.1 cm³/mol. The number of hydrogen-bond acceptors (Lipinski definition) is 3. The Balaban J connectivity index is 2.58. The van der Waals surface area contributed by atoms with E-state index in [1.54, 1.807) is 7.11 Å². The zero-order chi connectivity index (χ0) is 15.0. The van der Waals surface area contributed by atoms with Gasteiger partial charge in [-0.3, -0.25) is 4.68 Å². The van der Waals surface area contributed by atoms with Crippen molar-refractivity contribution in [3.05, 3.63) is 18.0 Å². The molecule has 1 N–H and O–H groups in total.